The molecule has 0 amide bonds. The zero-order valence-corrected chi connectivity index (χ0v) is 38.2. The highest BCUT2D eigenvalue weighted by atomic mass is 127. The van der Waals surface area contributed by atoms with Gasteiger partial charge in [0.25, 0.3) is 20.0 Å². The number of fused-ring (bicyclic) bond motifs is 4. The number of hydrogen-bond acceptors (Lipinski definition) is 10. The lowest BCUT2D eigenvalue weighted by Crippen LogP contribution is -2.30. The lowest BCUT2D eigenvalue weighted by Gasteiger charge is -2.25. The van der Waals surface area contributed by atoms with E-state index in [4.69, 9.17) is 6.57 Å². The zero-order chi connectivity index (χ0) is 51.2. The topological polar surface area (TPSA) is 147 Å². The number of sulfonamides is 2. The first-order valence-electron chi connectivity index (χ1n) is 19.2. The molecule has 2 aliphatic rings. The molecule has 2 N–H and O–H groups in total. The summed E-state index contributed by atoms with van der Waals surface area (Å²) in [7, 11) is -8.80. The Morgan fingerprint density at radius 3 is 1.36 bits per heavy atom. The number of rotatable bonds is 7. The molecule has 6 aromatic rings. The van der Waals surface area contributed by atoms with Crippen LogP contribution in [0.5, 0.6) is 11.5 Å². The number of anilines is 6. The number of hydrogen-bond donors (Lipinski definition) is 2. The molecule has 0 saturated heterocycles. The van der Waals surface area contributed by atoms with E-state index in [1.54, 1.807) is 6.07 Å². The summed E-state index contributed by atoms with van der Waals surface area (Å²) in [5.74, 6) is -1.61. The van der Waals surface area contributed by atoms with Crippen molar-refractivity contribution in [3.63, 3.8) is 0 Å². The summed E-state index contributed by atoms with van der Waals surface area (Å²) in [5, 5.41) is 5.50. The van der Waals surface area contributed by atoms with Gasteiger partial charge in [0.15, 0.2) is 0 Å². The molecule has 4 heterocycles. The summed E-state index contributed by atoms with van der Waals surface area (Å²) in [6, 6.07) is 19.8. The number of aromatic nitrogens is 2. The molecule has 70 heavy (non-hydrogen) atoms. The summed E-state index contributed by atoms with van der Waals surface area (Å²) in [5.41, 5.74) is -1.16. The smallest absolute Gasteiger partial charge is 0.406 e. The molecule has 0 bridgehead atoms. The number of ether oxygens (including phenoxy) is 2. The highest BCUT2D eigenvalue weighted by Gasteiger charge is 2.38. The van der Waals surface area contributed by atoms with Crippen molar-refractivity contribution >= 4 is 77.0 Å². The third kappa shape index (κ3) is 11.6. The molecule has 0 aliphatic carbocycles. The van der Waals surface area contributed by atoms with Gasteiger partial charge in [-0.1, -0.05) is 12.1 Å². The Morgan fingerprint density at radius 1 is 0.571 bits per heavy atom. The van der Waals surface area contributed by atoms with E-state index in [9.17, 15) is 69.5 Å². The maximum Gasteiger partial charge on any atom is 0.573 e. The number of benzene rings is 4. The van der Waals surface area contributed by atoms with Crippen LogP contribution >= 0.6 is 22.6 Å². The summed E-state index contributed by atoms with van der Waals surface area (Å²) in [4.78, 5) is 9.76. The third-order valence-corrected chi connectivity index (χ3v) is 14.0. The fourth-order valence-electron chi connectivity index (χ4n) is 6.70. The van der Waals surface area contributed by atoms with E-state index < -0.39 is 74.6 Å². The van der Waals surface area contributed by atoms with Crippen molar-refractivity contribution in [1.82, 2.24) is 9.97 Å². The molecule has 0 unspecified atom stereocenters. The van der Waals surface area contributed by atoms with E-state index in [1.165, 1.54) is 30.3 Å². The van der Waals surface area contributed by atoms with Gasteiger partial charge >= 0.3 is 25.1 Å². The monoisotopic (exact) mass is 1140 g/mol. The maximum absolute atomic E-state index is 13.6. The Morgan fingerprint density at radius 2 is 0.971 bits per heavy atom. The van der Waals surface area contributed by atoms with Gasteiger partial charge in [-0.2, -0.15) is 26.3 Å². The average molecular weight is 1140 g/mol. The SMILES string of the molecule is O=S(=O)(c1ccc(OC(F)(F)F)cc1)N1Cc2ccc(C(F)(F)F)nc2Nc2ccc(I)cc21.[C-]#[N+]Cc1ccc2c(c1)N(S(=O)(=O)c1ccc(OC(F)(F)F)cc1)Cc1ccc(C(F)(F)F)nc1N2. The number of nitrogens with zero attached hydrogens (tertiary/aromatic N) is 5. The van der Waals surface area contributed by atoms with Crippen molar-refractivity contribution in [3.8, 4) is 11.5 Å². The summed E-state index contributed by atoms with van der Waals surface area (Å²) in [6.07, 6.45) is -19.4. The predicted octanol–water partition coefficient (Wildman–Crippen LogP) is 11.9. The molecule has 0 radical (unpaired) electrons. The minimum Gasteiger partial charge on any atom is -0.406 e. The molecular formula is C42H26F12IN7O6S2. The Balaban J connectivity index is 0.000000207. The molecule has 0 spiro atoms. The zero-order valence-electron chi connectivity index (χ0n) is 34.4. The van der Waals surface area contributed by atoms with Crippen molar-refractivity contribution < 1.29 is 79.0 Å². The van der Waals surface area contributed by atoms with Gasteiger partial charge in [-0.15, -0.1) is 26.3 Å². The van der Waals surface area contributed by atoms with E-state index in [2.05, 4.69) is 34.9 Å². The number of pyridine rings is 2. The first-order chi connectivity index (χ1) is 32.5. The van der Waals surface area contributed by atoms with E-state index >= 15 is 0 Å². The van der Waals surface area contributed by atoms with Gasteiger partial charge in [-0.3, -0.25) is 8.61 Å². The molecule has 0 fully saturated rings. The Hall–Kier alpha value is -6.74. The molecule has 28 heteroatoms. The molecule has 0 atom stereocenters. The minimum atomic E-state index is -4.97. The maximum atomic E-state index is 13.6. The second-order valence-electron chi connectivity index (χ2n) is 14.5. The van der Waals surface area contributed by atoms with Crippen molar-refractivity contribution in [2.45, 2.75) is 54.5 Å². The van der Waals surface area contributed by atoms with Gasteiger partial charge in [0.2, 0.25) is 6.54 Å². The Labute approximate surface area is 401 Å². The van der Waals surface area contributed by atoms with Crippen LogP contribution < -0.4 is 28.7 Å². The fraction of sp³-hybridized carbons (Fsp3) is 0.167. The van der Waals surface area contributed by atoms with Crippen LogP contribution in [0.3, 0.4) is 0 Å². The van der Waals surface area contributed by atoms with Gasteiger partial charge in [0.05, 0.1) is 45.6 Å². The van der Waals surface area contributed by atoms with Gasteiger partial charge in [-0.25, -0.2) is 33.4 Å². The first-order valence-corrected chi connectivity index (χ1v) is 23.2. The summed E-state index contributed by atoms with van der Waals surface area (Å²) in [6.45, 7) is 6.17. The first kappa shape index (κ1) is 51.1. The van der Waals surface area contributed by atoms with Gasteiger partial charge in [-0.05, 0) is 120 Å². The number of halogens is 13. The number of nitrogens with one attached hydrogen (secondary N) is 2. The molecule has 368 valence electrons. The second-order valence-corrected chi connectivity index (χ2v) is 19.5. The van der Waals surface area contributed by atoms with Gasteiger partial charge in [0, 0.05) is 20.3 Å². The van der Waals surface area contributed by atoms with E-state index in [0.717, 1.165) is 81.4 Å². The summed E-state index contributed by atoms with van der Waals surface area (Å²) >= 11 is 1.95. The lowest BCUT2D eigenvalue weighted by molar-refractivity contribution is -0.275. The molecular weight excluding hydrogens is 1120 g/mol. The van der Waals surface area contributed by atoms with Crippen LogP contribution in [0.2, 0.25) is 0 Å². The van der Waals surface area contributed by atoms with Crippen molar-refractivity contribution in [3.05, 3.63) is 152 Å². The molecule has 2 aromatic heterocycles. The highest BCUT2D eigenvalue weighted by Crippen LogP contribution is 2.43. The second kappa shape index (κ2) is 18.9. The largest absolute Gasteiger partial charge is 0.573 e. The molecule has 0 saturated carbocycles. The summed E-state index contributed by atoms with van der Waals surface area (Å²) < 4.78 is 218. The van der Waals surface area contributed by atoms with Crippen LogP contribution in [0.25, 0.3) is 4.85 Å². The highest BCUT2D eigenvalue weighted by molar-refractivity contribution is 14.1. The average Bonchev–Trinajstić information content (AvgIpc) is 3.53. The molecule has 4 aromatic carbocycles. The third-order valence-electron chi connectivity index (χ3n) is 9.78. The van der Waals surface area contributed by atoms with Crippen molar-refractivity contribution in [1.29, 1.82) is 0 Å². The Bertz CT molecular complexity index is 3230. The molecule has 13 nitrogen and oxygen atoms in total. The van der Waals surface area contributed by atoms with Crippen LogP contribution in [0.4, 0.5) is 87.1 Å². The van der Waals surface area contributed by atoms with Gasteiger partial charge in [0.1, 0.15) is 34.5 Å². The fourth-order valence-corrected chi connectivity index (χ4v) is 10.1. The van der Waals surface area contributed by atoms with Crippen LogP contribution in [0.1, 0.15) is 28.1 Å². The van der Waals surface area contributed by atoms with E-state index in [-0.39, 0.29) is 68.4 Å². The van der Waals surface area contributed by atoms with Crippen LogP contribution in [-0.2, 0) is 52.0 Å². The van der Waals surface area contributed by atoms with E-state index in [0.29, 0.717) is 9.13 Å². The van der Waals surface area contributed by atoms with E-state index in [1.807, 2.05) is 22.6 Å². The quantitative estimate of drug-likeness (QED) is 0.0899. The minimum absolute atomic E-state index is 0.0262. The molecule has 8 rings (SSSR count). The predicted molar refractivity (Wildman–Crippen MR) is 234 cm³/mol. The standard InChI is InChI=1S/C22H14F6N4O3S.C20H12F6IN3O3S/c1-29-11-13-2-8-17-18(10-13)32(12-14-3-9-19(21(23,24)25)31-20(14)30-17)36(33,34)16-6-4-15(5-7-16)35-22(26,27)28;21-19(22,23)17-8-1-11-10-30(16-9-12(27)2-7-15(16)28-18(11)29-17)34(31,32)14-5-3-13(4-6-14)33-20(24,25)26/h2-10H,11-12H2,(H,30,31);1-9H,10H2,(H,28,29). The number of alkyl halides is 12. The lowest BCUT2D eigenvalue weighted by atomic mass is 10.1. The van der Waals surface area contributed by atoms with Crippen LogP contribution in [-0.4, -0.2) is 39.5 Å². The van der Waals surface area contributed by atoms with Gasteiger partial charge < -0.3 is 25.0 Å². The molecule has 2 aliphatic heterocycles. The Kier molecular flexibility index (Phi) is 13.8. The van der Waals surface area contributed by atoms with Crippen molar-refractivity contribution in [2.24, 2.45) is 0 Å². The normalized spacial score (nSPS) is 13.8. The van der Waals surface area contributed by atoms with Crippen LogP contribution in [0.15, 0.2) is 119 Å². The van der Waals surface area contributed by atoms with Crippen molar-refractivity contribution in [2.75, 3.05) is 19.2 Å². The van der Waals surface area contributed by atoms with Crippen LogP contribution in [0, 0.1) is 10.1 Å².